The van der Waals surface area contributed by atoms with E-state index in [-0.39, 0.29) is 30.1 Å². The highest BCUT2D eigenvalue weighted by Gasteiger charge is 2.16. The summed E-state index contributed by atoms with van der Waals surface area (Å²) in [6, 6.07) is 0. The third-order valence-electron chi connectivity index (χ3n) is 4.56. The first kappa shape index (κ1) is 22.0. The Morgan fingerprint density at radius 3 is 2.70 bits per heavy atom. The van der Waals surface area contributed by atoms with Crippen LogP contribution in [0, 0.1) is 20.8 Å². The van der Waals surface area contributed by atoms with Crippen LogP contribution in [-0.4, -0.2) is 45.0 Å². The normalized spacial score (nSPS) is 17.0. The average Bonchev–Trinajstić information content (AvgIpc) is 3.32. The number of nitrogens with one attached hydrogen (secondary N) is 2. The molecule has 1 fully saturated rings. The molecule has 150 valence electrons. The summed E-state index contributed by atoms with van der Waals surface area (Å²) in [6.07, 6.45) is 2.47. The Kier molecular flexibility index (Phi) is 8.42. The van der Waals surface area contributed by atoms with Gasteiger partial charge in [0, 0.05) is 25.1 Å². The van der Waals surface area contributed by atoms with E-state index in [9.17, 15) is 0 Å². The summed E-state index contributed by atoms with van der Waals surface area (Å²) in [5.41, 5.74) is 1.09. The number of thiazole rings is 1. The maximum absolute atomic E-state index is 5.69. The van der Waals surface area contributed by atoms with Gasteiger partial charge < -0.3 is 19.9 Å². The van der Waals surface area contributed by atoms with Crippen LogP contribution in [0.4, 0.5) is 0 Å². The number of aryl methyl sites for hydroxylation is 3. The lowest BCUT2D eigenvalue weighted by atomic mass is 10.2. The third kappa shape index (κ3) is 6.11. The van der Waals surface area contributed by atoms with Crippen molar-refractivity contribution in [2.24, 2.45) is 12.0 Å². The van der Waals surface area contributed by atoms with Gasteiger partial charge in [0.1, 0.15) is 17.4 Å². The zero-order chi connectivity index (χ0) is 18.5. The largest absolute Gasteiger partial charge is 0.376 e. The summed E-state index contributed by atoms with van der Waals surface area (Å²) in [6.45, 7) is 8.78. The smallest absolute Gasteiger partial charge is 0.192 e. The van der Waals surface area contributed by atoms with Crippen LogP contribution in [0.3, 0.4) is 0 Å². The standard InChI is InChI=1S/C17H27N7OS.HI/c1-11-12(2)26-16(21-11)10-20-17(18-8-14-6-5-7-25-14)19-9-15-23-22-13(3)24(15)4;/h14H,5-10H2,1-4H3,(H2,18,19,20);1H. The van der Waals surface area contributed by atoms with Gasteiger partial charge in [0.15, 0.2) is 11.8 Å². The van der Waals surface area contributed by atoms with E-state index in [0.29, 0.717) is 13.1 Å². The number of hydrogen-bond acceptors (Lipinski definition) is 6. The first-order valence-electron chi connectivity index (χ1n) is 8.94. The highest BCUT2D eigenvalue weighted by molar-refractivity contribution is 14.0. The van der Waals surface area contributed by atoms with Crippen LogP contribution in [0.2, 0.25) is 0 Å². The van der Waals surface area contributed by atoms with Crippen molar-refractivity contribution >= 4 is 41.3 Å². The van der Waals surface area contributed by atoms with E-state index < -0.39 is 0 Å². The van der Waals surface area contributed by atoms with Crippen molar-refractivity contribution in [1.82, 2.24) is 30.4 Å². The molecule has 3 heterocycles. The number of nitrogens with zero attached hydrogens (tertiary/aromatic N) is 5. The van der Waals surface area contributed by atoms with E-state index in [1.54, 1.807) is 11.3 Å². The monoisotopic (exact) mass is 505 g/mol. The van der Waals surface area contributed by atoms with Gasteiger partial charge in [0.05, 0.1) is 18.3 Å². The summed E-state index contributed by atoms with van der Waals surface area (Å²) >= 11 is 1.71. The molecule has 1 aliphatic heterocycles. The Bertz CT molecular complexity index is 748. The molecule has 1 unspecified atom stereocenters. The SMILES string of the molecule is Cc1nc(CNC(=NCc2nnc(C)n2C)NCC2CCCO2)sc1C.I. The lowest BCUT2D eigenvalue weighted by molar-refractivity contribution is 0.114. The van der Waals surface area contributed by atoms with E-state index in [2.05, 4.69) is 37.7 Å². The van der Waals surface area contributed by atoms with Crippen LogP contribution < -0.4 is 10.6 Å². The minimum Gasteiger partial charge on any atom is -0.376 e. The summed E-state index contributed by atoms with van der Waals surface area (Å²) in [5.74, 6) is 2.46. The molecular weight excluding hydrogens is 477 g/mol. The highest BCUT2D eigenvalue weighted by Crippen LogP contribution is 2.16. The van der Waals surface area contributed by atoms with Gasteiger partial charge >= 0.3 is 0 Å². The van der Waals surface area contributed by atoms with Crippen molar-refractivity contribution < 1.29 is 4.74 Å². The second-order valence-electron chi connectivity index (χ2n) is 6.51. The van der Waals surface area contributed by atoms with Crippen LogP contribution >= 0.6 is 35.3 Å². The van der Waals surface area contributed by atoms with Crippen molar-refractivity contribution in [2.75, 3.05) is 13.2 Å². The Morgan fingerprint density at radius 1 is 1.30 bits per heavy atom. The molecule has 0 bridgehead atoms. The molecule has 0 radical (unpaired) electrons. The quantitative estimate of drug-likeness (QED) is 0.356. The Balaban J connectivity index is 0.00000261. The minimum absolute atomic E-state index is 0. The summed E-state index contributed by atoms with van der Waals surface area (Å²) in [4.78, 5) is 10.5. The molecule has 0 aromatic carbocycles. The second kappa shape index (κ2) is 10.3. The van der Waals surface area contributed by atoms with Gasteiger partial charge in [-0.3, -0.25) is 0 Å². The number of rotatable bonds is 6. The van der Waals surface area contributed by atoms with Crippen molar-refractivity contribution in [1.29, 1.82) is 0 Å². The van der Waals surface area contributed by atoms with Gasteiger partial charge in [-0.2, -0.15) is 0 Å². The van der Waals surface area contributed by atoms with E-state index in [1.807, 2.05) is 25.5 Å². The first-order valence-corrected chi connectivity index (χ1v) is 9.76. The predicted octanol–water partition coefficient (Wildman–Crippen LogP) is 2.23. The van der Waals surface area contributed by atoms with Crippen molar-refractivity contribution in [3.63, 3.8) is 0 Å². The topological polar surface area (TPSA) is 89.3 Å². The van der Waals surface area contributed by atoms with E-state index >= 15 is 0 Å². The number of halogens is 1. The van der Waals surface area contributed by atoms with Gasteiger partial charge in [-0.15, -0.1) is 45.5 Å². The number of aromatic nitrogens is 4. The third-order valence-corrected chi connectivity index (χ3v) is 5.64. The van der Waals surface area contributed by atoms with Crippen molar-refractivity contribution in [3.05, 3.63) is 27.2 Å². The molecule has 8 nitrogen and oxygen atoms in total. The molecule has 1 aliphatic rings. The number of guanidine groups is 1. The molecule has 3 rings (SSSR count). The van der Waals surface area contributed by atoms with Gasteiger partial charge in [0.2, 0.25) is 0 Å². The molecule has 1 saturated heterocycles. The molecule has 0 spiro atoms. The number of ether oxygens (including phenoxy) is 1. The van der Waals surface area contributed by atoms with Crippen LogP contribution in [0.1, 0.15) is 40.1 Å². The van der Waals surface area contributed by atoms with Crippen molar-refractivity contribution in [2.45, 2.75) is 52.8 Å². The highest BCUT2D eigenvalue weighted by atomic mass is 127. The fourth-order valence-electron chi connectivity index (χ4n) is 2.70. The Hall–Kier alpha value is -1.27. The van der Waals surface area contributed by atoms with Gasteiger partial charge in [-0.25, -0.2) is 9.98 Å². The molecule has 0 aliphatic carbocycles. The number of hydrogen-bond donors (Lipinski definition) is 2. The average molecular weight is 505 g/mol. The minimum atomic E-state index is 0. The van der Waals surface area contributed by atoms with Gasteiger partial charge in [-0.1, -0.05) is 0 Å². The molecule has 2 N–H and O–H groups in total. The van der Waals surface area contributed by atoms with E-state index in [0.717, 1.165) is 54.3 Å². The summed E-state index contributed by atoms with van der Waals surface area (Å²) in [5, 5.41) is 16.1. The van der Waals surface area contributed by atoms with Crippen LogP contribution in [0.15, 0.2) is 4.99 Å². The van der Waals surface area contributed by atoms with E-state index in [1.165, 1.54) is 4.88 Å². The lowest BCUT2D eigenvalue weighted by Crippen LogP contribution is -2.40. The summed E-state index contributed by atoms with van der Waals surface area (Å²) < 4.78 is 7.64. The van der Waals surface area contributed by atoms with Crippen LogP contribution in [0.25, 0.3) is 0 Å². The van der Waals surface area contributed by atoms with Crippen LogP contribution in [0.5, 0.6) is 0 Å². The van der Waals surface area contributed by atoms with Gasteiger partial charge in [0.25, 0.3) is 0 Å². The summed E-state index contributed by atoms with van der Waals surface area (Å²) in [7, 11) is 1.95. The number of aliphatic imine (C=N–C) groups is 1. The Labute approximate surface area is 181 Å². The zero-order valence-electron chi connectivity index (χ0n) is 16.3. The molecule has 1 atom stereocenters. The molecule has 27 heavy (non-hydrogen) atoms. The molecule has 0 amide bonds. The Morgan fingerprint density at radius 2 is 2.11 bits per heavy atom. The predicted molar refractivity (Wildman–Crippen MR) is 118 cm³/mol. The van der Waals surface area contributed by atoms with E-state index in [4.69, 9.17) is 4.74 Å². The van der Waals surface area contributed by atoms with Gasteiger partial charge in [-0.05, 0) is 33.6 Å². The molecule has 10 heteroatoms. The van der Waals surface area contributed by atoms with Crippen LogP contribution in [-0.2, 0) is 24.9 Å². The lowest BCUT2D eigenvalue weighted by Gasteiger charge is -2.15. The molecule has 2 aromatic rings. The fraction of sp³-hybridized carbons (Fsp3) is 0.647. The van der Waals surface area contributed by atoms with Crippen molar-refractivity contribution in [3.8, 4) is 0 Å². The molecular formula is C17H28IN7OS. The fourth-order valence-corrected chi connectivity index (χ4v) is 3.58. The second-order valence-corrected chi connectivity index (χ2v) is 7.79. The molecule has 0 saturated carbocycles. The first-order chi connectivity index (χ1) is 12.5. The maximum atomic E-state index is 5.69. The maximum Gasteiger partial charge on any atom is 0.192 e. The molecule has 2 aromatic heterocycles. The zero-order valence-corrected chi connectivity index (χ0v) is 19.4.